The van der Waals surface area contributed by atoms with Crippen molar-refractivity contribution in [2.24, 2.45) is 0 Å². The number of nitrogens with zero attached hydrogens (tertiary/aromatic N) is 4. The molecule has 0 aliphatic rings. The molecule has 0 bridgehead atoms. The maximum Gasteiger partial charge on any atom is 0.290 e. The third-order valence-electron chi connectivity index (χ3n) is 3.39. The summed E-state index contributed by atoms with van der Waals surface area (Å²) in [5.41, 5.74) is 2.41. The van der Waals surface area contributed by atoms with E-state index >= 15 is 0 Å². The van der Waals surface area contributed by atoms with Crippen LogP contribution in [0.3, 0.4) is 0 Å². The fourth-order valence-electron chi connectivity index (χ4n) is 2.26. The summed E-state index contributed by atoms with van der Waals surface area (Å²) < 4.78 is 1.78. The minimum Gasteiger partial charge on any atom is -0.483 e. The van der Waals surface area contributed by atoms with Gasteiger partial charge in [-0.3, -0.25) is 14.9 Å². The number of aryl methyl sites for hydroxylation is 2. The minimum absolute atomic E-state index is 0.135. The zero-order chi connectivity index (χ0) is 18.9. The van der Waals surface area contributed by atoms with Gasteiger partial charge in [0.25, 0.3) is 6.47 Å². The summed E-state index contributed by atoms with van der Waals surface area (Å²) >= 11 is 1.40. The molecular formula is C17H19N5O3S. The van der Waals surface area contributed by atoms with Crippen molar-refractivity contribution in [2.75, 3.05) is 5.32 Å². The van der Waals surface area contributed by atoms with Crippen LogP contribution in [0.15, 0.2) is 36.7 Å². The van der Waals surface area contributed by atoms with E-state index in [0.717, 1.165) is 17.3 Å². The largest absolute Gasteiger partial charge is 0.483 e. The van der Waals surface area contributed by atoms with E-state index in [2.05, 4.69) is 45.6 Å². The van der Waals surface area contributed by atoms with Gasteiger partial charge in [0, 0.05) is 18.8 Å². The van der Waals surface area contributed by atoms with Gasteiger partial charge in [0.15, 0.2) is 0 Å². The van der Waals surface area contributed by atoms with Crippen molar-refractivity contribution < 1.29 is 14.7 Å². The van der Waals surface area contributed by atoms with E-state index in [1.165, 1.54) is 22.5 Å². The van der Waals surface area contributed by atoms with Crippen LogP contribution in [0.2, 0.25) is 0 Å². The SMILES string of the molecule is Cc1cccc(Cc2nnc(NC(=O)Cn3ccnc3C)s2)c1.O=CO. The van der Waals surface area contributed by atoms with Crippen LogP contribution in [0, 0.1) is 13.8 Å². The van der Waals surface area contributed by atoms with Gasteiger partial charge >= 0.3 is 0 Å². The van der Waals surface area contributed by atoms with Crippen LogP contribution >= 0.6 is 11.3 Å². The van der Waals surface area contributed by atoms with Gasteiger partial charge in [0.1, 0.15) is 17.4 Å². The Hall–Kier alpha value is -3.07. The molecule has 0 saturated heterocycles. The molecule has 3 rings (SSSR count). The van der Waals surface area contributed by atoms with Crippen LogP contribution < -0.4 is 5.32 Å². The molecule has 0 atom stereocenters. The third-order valence-corrected chi connectivity index (χ3v) is 4.23. The van der Waals surface area contributed by atoms with Crippen LogP contribution in [0.4, 0.5) is 5.13 Å². The molecule has 136 valence electrons. The average molecular weight is 373 g/mol. The van der Waals surface area contributed by atoms with E-state index in [9.17, 15) is 4.79 Å². The number of carbonyl (C=O) groups is 2. The first-order valence-electron chi connectivity index (χ1n) is 7.75. The summed E-state index contributed by atoms with van der Waals surface area (Å²) in [6.07, 6.45) is 4.17. The maximum absolute atomic E-state index is 12.0. The van der Waals surface area contributed by atoms with Gasteiger partial charge < -0.3 is 9.67 Å². The van der Waals surface area contributed by atoms with Crippen molar-refractivity contribution in [1.82, 2.24) is 19.7 Å². The molecule has 1 amide bonds. The number of imidazole rings is 1. The van der Waals surface area contributed by atoms with E-state index in [1.807, 2.05) is 13.0 Å². The Kier molecular flexibility index (Phi) is 6.98. The number of aromatic nitrogens is 4. The highest BCUT2D eigenvalue weighted by atomic mass is 32.1. The number of carboxylic acid groups (broad SMARTS) is 1. The van der Waals surface area contributed by atoms with E-state index in [1.54, 1.807) is 17.0 Å². The lowest BCUT2D eigenvalue weighted by molar-refractivity contribution is -0.123. The average Bonchev–Trinajstić information content (AvgIpc) is 3.18. The van der Waals surface area contributed by atoms with Gasteiger partial charge in [-0.25, -0.2) is 4.98 Å². The molecule has 0 spiro atoms. The number of hydrogen-bond acceptors (Lipinski definition) is 6. The molecule has 0 unspecified atom stereocenters. The smallest absolute Gasteiger partial charge is 0.290 e. The van der Waals surface area contributed by atoms with Crippen LogP contribution in [0.1, 0.15) is 22.0 Å². The molecule has 0 aliphatic heterocycles. The zero-order valence-corrected chi connectivity index (χ0v) is 15.2. The molecule has 0 fully saturated rings. The molecule has 26 heavy (non-hydrogen) atoms. The number of anilines is 1. The number of hydrogen-bond donors (Lipinski definition) is 2. The summed E-state index contributed by atoms with van der Waals surface area (Å²) in [6.45, 7) is 3.89. The van der Waals surface area contributed by atoms with Gasteiger partial charge in [0.05, 0.1) is 0 Å². The maximum atomic E-state index is 12.0. The lowest BCUT2D eigenvalue weighted by Crippen LogP contribution is -2.18. The summed E-state index contributed by atoms with van der Waals surface area (Å²) in [5.74, 6) is 0.668. The Morgan fingerprint density at radius 3 is 2.77 bits per heavy atom. The minimum atomic E-state index is -0.250. The van der Waals surface area contributed by atoms with Crippen molar-refractivity contribution in [3.63, 3.8) is 0 Å². The van der Waals surface area contributed by atoms with Crippen molar-refractivity contribution in [3.05, 3.63) is 58.6 Å². The predicted molar refractivity (Wildman–Crippen MR) is 98.2 cm³/mol. The first-order chi connectivity index (χ1) is 12.5. The third kappa shape index (κ3) is 5.78. The summed E-state index contributed by atoms with van der Waals surface area (Å²) in [4.78, 5) is 24.5. The van der Waals surface area contributed by atoms with Crippen LogP contribution in [0.25, 0.3) is 0 Å². The van der Waals surface area contributed by atoms with Gasteiger partial charge in [0.2, 0.25) is 11.0 Å². The number of benzene rings is 1. The molecule has 0 aliphatic carbocycles. The second-order valence-electron chi connectivity index (χ2n) is 5.42. The van der Waals surface area contributed by atoms with E-state index in [0.29, 0.717) is 5.13 Å². The normalized spacial score (nSPS) is 9.92. The lowest BCUT2D eigenvalue weighted by atomic mass is 10.1. The van der Waals surface area contributed by atoms with Crippen molar-refractivity contribution >= 4 is 28.8 Å². The van der Waals surface area contributed by atoms with E-state index < -0.39 is 0 Å². The summed E-state index contributed by atoms with van der Waals surface area (Å²) in [7, 11) is 0. The second-order valence-corrected chi connectivity index (χ2v) is 6.48. The first-order valence-corrected chi connectivity index (χ1v) is 8.57. The monoisotopic (exact) mass is 373 g/mol. The Labute approximate surface area is 154 Å². The van der Waals surface area contributed by atoms with Crippen molar-refractivity contribution in [3.8, 4) is 0 Å². The van der Waals surface area contributed by atoms with Crippen molar-refractivity contribution in [2.45, 2.75) is 26.8 Å². The lowest BCUT2D eigenvalue weighted by Gasteiger charge is -2.03. The number of carbonyl (C=O) groups excluding carboxylic acids is 1. The molecule has 0 radical (unpaired) electrons. The fourth-order valence-corrected chi connectivity index (χ4v) is 3.05. The van der Waals surface area contributed by atoms with Gasteiger partial charge in [-0.1, -0.05) is 41.2 Å². The fraction of sp³-hybridized carbons (Fsp3) is 0.235. The highest BCUT2D eigenvalue weighted by Crippen LogP contribution is 2.19. The Morgan fingerprint density at radius 1 is 1.35 bits per heavy atom. The highest BCUT2D eigenvalue weighted by Gasteiger charge is 2.10. The first kappa shape index (κ1) is 19.3. The topological polar surface area (TPSA) is 110 Å². The van der Waals surface area contributed by atoms with E-state index in [-0.39, 0.29) is 18.9 Å². The molecule has 2 heterocycles. The molecule has 3 aromatic rings. The zero-order valence-electron chi connectivity index (χ0n) is 14.4. The van der Waals surface area contributed by atoms with Crippen LogP contribution in [-0.4, -0.2) is 37.2 Å². The number of rotatable bonds is 5. The predicted octanol–water partition coefficient (Wildman–Crippen LogP) is 2.28. The number of amides is 1. The van der Waals surface area contributed by atoms with E-state index in [4.69, 9.17) is 9.90 Å². The second kappa shape index (κ2) is 9.42. The van der Waals surface area contributed by atoms with Crippen molar-refractivity contribution in [1.29, 1.82) is 0 Å². The Bertz CT molecular complexity index is 875. The molecule has 8 nitrogen and oxygen atoms in total. The summed E-state index contributed by atoms with van der Waals surface area (Å²) in [6, 6.07) is 8.28. The Balaban J connectivity index is 0.000000758. The van der Waals surface area contributed by atoms with Gasteiger partial charge in [-0.05, 0) is 19.4 Å². The Morgan fingerprint density at radius 2 is 2.12 bits per heavy atom. The van der Waals surface area contributed by atoms with Gasteiger partial charge in [-0.15, -0.1) is 10.2 Å². The standard InChI is InChI=1S/C16H17N5OS.CH2O2/c1-11-4-3-5-13(8-11)9-15-19-20-16(23-15)18-14(22)10-21-7-6-17-12(21)2;2-1-3/h3-8H,9-10H2,1-2H3,(H,18,20,22);1H,(H,2,3). The number of nitrogens with one attached hydrogen (secondary N) is 1. The quantitative estimate of drug-likeness (QED) is 0.664. The van der Waals surface area contributed by atoms with Crippen LogP contribution in [0.5, 0.6) is 0 Å². The molecule has 9 heteroatoms. The molecule has 1 aromatic carbocycles. The summed E-state index contributed by atoms with van der Waals surface area (Å²) in [5, 5.41) is 19.3. The molecule has 0 saturated carbocycles. The molecular weight excluding hydrogens is 354 g/mol. The molecule has 2 aromatic heterocycles. The van der Waals surface area contributed by atoms with Crippen LogP contribution in [-0.2, 0) is 22.6 Å². The van der Waals surface area contributed by atoms with Gasteiger partial charge in [-0.2, -0.15) is 0 Å². The molecule has 2 N–H and O–H groups in total. The highest BCUT2D eigenvalue weighted by molar-refractivity contribution is 7.15.